The van der Waals surface area contributed by atoms with Crippen LogP contribution in [-0.4, -0.2) is 46.0 Å². The highest BCUT2D eigenvalue weighted by atomic mass is 32.2. The third-order valence-electron chi connectivity index (χ3n) is 5.36. The van der Waals surface area contributed by atoms with Crippen molar-refractivity contribution >= 4 is 16.0 Å². The van der Waals surface area contributed by atoms with Gasteiger partial charge in [-0.1, -0.05) is 26.0 Å². The Kier molecular flexibility index (Phi) is 7.23. The van der Waals surface area contributed by atoms with Crippen molar-refractivity contribution in [2.75, 3.05) is 27.3 Å². The normalized spacial score (nSPS) is 19.6. The molecule has 1 heterocycles. The maximum absolute atomic E-state index is 13.1. The van der Waals surface area contributed by atoms with E-state index in [1.165, 1.54) is 23.5 Å². The number of piperidine rings is 1. The lowest BCUT2D eigenvalue weighted by atomic mass is 9.94. The van der Waals surface area contributed by atoms with E-state index in [-0.39, 0.29) is 17.1 Å². The zero-order valence-electron chi connectivity index (χ0n) is 18.3. The molecule has 0 amide bonds. The van der Waals surface area contributed by atoms with Gasteiger partial charge in [-0.05, 0) is 54.2 Å². The SMILES string of the molecule is COc1ccc(COC(=O)c2cccc(S(=O)(=O)N3CC(C)CC(C)C3)c2)cc1OC. The van der Waals surface area contributed by atoms with E-state index >= 15 is 0 Å². The summed E-state index contributed by atoms with van der Waals surface area (Å²) in [5, 5.41) is 0. The average Bonchev–Trinajstić information content (AvgIpc) is 2.76. The number of rotatable bonds is 7. The van der Waals surface area contributed by atoms with E-state index in [2.05, 4.69) is 13.8 Å². The van der Waals surface area contributed by atoms with Crippen LogP contribution in [0.5, 0.6) is 11.5 Å². The van der Waals surface area contributed by atoms with Crippen molar-refractivity contribution in [2.45, 2.75) is 31.8 Å². The Morgan fingerprint density at radius 2 is 1.68 bits per heavy atom. The quantitative estimate of drug-likeness (QED) is 0.602. The monoisotopic (exact) mass is 447 g/mol. The fraction of sp³-hybridized carbons (Fsp3) is 0.435. The first-order chi connectivity index (χ1) is 14.7. The lowest BCUT2D eigenvalue weighted by Gasteiger charge is -2.34. The molecule has 2 unspecified atom stereocenters. The van der Waals surface area contributed by atoms with Crippen molar-refractivity contribution in [3.8, 4) is 11.5 Å². The molecule has 0 saturated carbocycles. The number of methoxy groups -OCH3 is 2. The van der Waals surface area contributed by atoms with E-state index in [0.29, 0.717) is 36.4 Å². The number of nitrogens with zero attached hydrogens (tertiary/aromatic N) is 1. The van der Waals surface area contributed by atoms with Crippen LogP contribution in [0.1, 0.15) is 36.2 Å². The summed E-state index contributed by atoms with van der Waals surface area (Å²) in [5.74, 6) is 1.12. The van der Waals surface area contributed by atoms with Crippen molar-refractivity contribution in [3.05, 3.63) is 53.6 Å². The van der Waals surface area contributed by atoms with E-state index in [9.17, 15) is 13.2 Å². The van der Waals surface area contributed by atoms with Crippen LogP contribution in [0.3, 0.4) is 0 Å². The van der Waals surface area contributed by atoms with Crippen LogP contribution in [0.4, 0.5) is 0 Å². The fourth-order valence-corrected chi connectivity index (χ4v) is 5.66. The van der Waals surface area contributed by atoms with Crippen LogP contribution in [0.25, 0.3) is 0 Å². The summed E-state index contributed by atoms with van der Waals surface area (Å²) in [6.45, 7) is 5.11. The Morgan fingerprint density at radius 3 is 2.32 bits per heavy atom. The van der Waals surface area contributed by atoms with Gasteiger partial charge in [-0.25, -0.2) is 13.2 Å². The van der Waals surface area contributed by atoms with Crippen LogP contribution in [-0.2, 0) is 21.4 Å². The highest BCUT2D eigenvalue weighted by Gasteiger charge is 2.32. The van der Waals surface area contributed by atoms with Gasteiger partial charge in [0.1, 0.15) is 6.61 Å². The molecular formula is C23H29NO6S. The Morgan fingerprint density at radius 1 is 1.00 bits per heavy atom. The molecule has 1 aliphatic rings. The molecule has 2 atom stereocenters. The van der Waals surface area contributed by atoms with E-state index < -0.39 is 16.0 Å². The minimum absolute atomic E-state index is 0.0251. The lowest BCUT2D eigenvalue weighted by Crippen LogP contribution is -2.42. The minimum Gasteiger partial charge on any atom is -0.493 e. The van der Waals surface area contributed by atoms with Gasteiger partial charge in [-0.3, -0.25) is 0 Å². The predicted molar refractivity (Wildman–Crippen MR) is 117 cm³/mol. The maximum Gasteiger partial charge on any atom is 0.338 e. The molecule has 0 aliphatic carbocycles. The molecule has 168 valence electrons. The molecule has 3 rings (SSSR count). The smallest absolute Gasteiger partial charge is 0.338 e. The van der Waals surface area contributed by atoms with Gasteiger partial charge in [0.05, 0.1) is 24.7 Å². The summed E-state index contributed by atoms with van der Waals surface area (Å²) in [4.78, 5) is 12.7. The van der Waals surface area contributed by atoms with Crippen LogP contribution >= 0.6 is 0 Å². The van der Waals surface area contributed by atoms with Crippen molar-refractivity contribution in [3.63, 3.8) is 0 Å². The van der Waals surface area contributed by atoms with E-state index in [1.807, 2.05) is 0 Å². The Hall–Kier alpha value is -2.58. The van der Waals surface area contributed by atoms with Gasteiger partial charge in [0.2, 0.25) is 10.0 Å². The minimum atomic E-state index is -3.67. The molecule has 0 radical (unpaired) electrons. The van der Waals surface area contributed by atoms with Gasteiger partial charge in [0.25, 0.3) is 0 Å². The first-order valence-corrected chi connectivity index (χ1v) is 11.7. The molecular weight excluding hydrogens is 418 g/mol. The van der Waals surface area contributed by atoms with Crippen molar-refractivity contribution in [1.29, 1.82) is 0 Å². The number of benzene rings is 2. The standard InChI is InChI=1S/C23H29NO6S/c1-16-10-17(2)14-24(13-16)31(26,27)20-7-5-6-19(12-20)23(25)30-15-18-8-9-21(28-3)22(11-18)29-4/h5-9,11-12,16-17H,10,13-15H2,1-4H3. The van der Waals surface area contributed by atoms with Gasteiger partial charge in [-0.2, -0.15) is 4.31 Å². The summed E-state index contributed by atoms with van der Waals surface area (Å²) in [6, 6.07) is 11.3. The Bertz CT molecular complexity index is 1030. The summed E-state index contributed by atoms with van der Waals surface area (Å²) in [7, 11) is -0.596. The zero-order chi connectivity index (χ0) is 22.6. The number of carbonyl (C=O) groups excluding carboxylic acids is 1. The maximum atomic E-state index is 13.1. The largest absolute Gasteiger partial charge is 0.493 e. The molecule has 7 nitrogen and oxygen atoms in total. The molecule has 0 bridgehead atoms. The van der Waals surface area contributed by atoms with Gasteiger partial charge in [0, 0.05) is 13.1 Å². The Labute approximate surface area is 184 Å². The van der Waals surface area contributed by atoms with Crippen LogP contribution in [0.15, 0.2) is 47.4 Å². The molecule has 2 aromatic carbocycles. The number of sulfonamides is 1. The van der Waals surface area contributed by atoms with Crippen molar-refractivity contribution < 1.29 is 27.4 Å². The van der Waals surface area contributed by atoms with Crippen LogP contribution < -0.4 is 9.47 Å². The number of esters is 1. The van der Waals surface area contributed by atoms with Gasteiger partial charge in [-0.15, -0.1) is 0 Å². The topological polar surface area (TPSA) is 82.1 Å². The fourth-order valence-electron chi connectivity index (χ4n) is 3.94. The van der Waals surface area contributed by atoms with E-state index in [1.54, 1.807) is 37.4 Å². The first kappa shape index (κ1) is 23.1. The van der Waals surface area contributed by atoms with Crippen molar-refractivity contribution in [2.24, 2.45) is 11.8 Å². The molecule has 8 heteroatoms. The second kappa shape index (κ2) is 9.70. The summed E-state index contributed by atoms with van der Waals surface area (Å²) >= 11 is 0. The highest BCUT2D eigenvalue weighted by molar-refractivity contribution is 7.89. The molecule has 2 aromatic rings. The third kappa shape index (κ3) is 5.37. The number of hydrogen-bond acceptors (Lipinski definition) is 6. The number of hydrogen-bond donors (Lipinski definition) is 0. The summed E-state index contributed by atoms with van der Waals surface area (Å²) < 4.78 is 43.6. The third-order valence-corrected chi connectivity index (χ3v) is 7.19. The summed E-state index contributed by atoms with van der Waals surface area (Å²) in [6.07, 6.45) is 1.01. The van der Waals surface area contributed by atoms with Crippen LogP contribution in [0.2, 0.25) is 0 Å². The molecule has 0 N–H and O–H groups in total. The van der Waals surface area contributed by atoms with Gasteiger partial charge in [0.15, 0.2) is 11.5 Å². The molecule has 0 spiro atoms. The highest BCUT2D eigenvalue weighted by Crippen LogP contribution is 2.29. The number of ether oxygens (including phenoxy) is 3. The zero-order valence-corrected chi connectivity index (χ0v) is 19.1. The average molecular weight is 448 g/mol. The van der Waals surface area contributed by atoms with E-state index in [0.717, 1.165) is 12.0 Å². The first-order valence-electron chi connectivity index (χ1n) is 10.2. The second-order valence-electron chi connectivity index (χ2n) is 8.06. The molecule has 31 heavy (non-hydrogen) atoms. The molecule has 1 aliphatic heterocycles. The second-order valence-corrected chi connectivity index (χ2v) is 10.00. The van der Waals surface area contributed by atoms with Crippen LogP contribution in [0, 0.1) is 11.8 Å². The lowest BCUT2D eigenvalue weighted by molar-refractivity contribution is 0.0472. The molecule has 0 aromatic heterocycles. The van der Waals surface area contributed by atoms with Gasteiger partial charge < -0.3 is 14.2 Å². The molecule has 1 saturated heterocycles. The Balaban J connectivity index is 1.73. The van der Waals surface area contributed by atoms with E-state index in [4.69, 9.17) is 14.2 Å². The predicted octanol–water partition coefficient (Wildman–Crippen LogP) is 3.73. The number of carbonyl (C=O) groups is 1. The van der Waals surface area contributed by atoms with Crippen molar-refractivity contribution in [1.82, 2.24) is 4.31 Å². The van der Waals surface area contributed by atoms with Gasteiger partial charge >= 0.3 is 5.97 Å². The summed E-state index contributed by atoms with van der Waals surface area (Å²) in [5.41, 5.74) is 0.922. The molecule has 1 fully saturated rings.